The lowest BCUT2D eigenvalue weighted by atomic mass is 10.1. The van der Waals surface area contributed by atoms with Crippen LogP contribution in [0.3, 0.4) is 0 Å². The van der Waals surface area contributed by atoms with Gasteiger partial charge in [-0.05, 0) is 44.9 Å². The topological polar surface area (TPSA) is 55.1 Å². The fraction of sp³-hybridized carbons (Fsp3) is 0.214. The van der Waals surface area contributed by atoms with Crippen LogP contribution in [0.25, 0.3) is 0 Å². The van der Waals surface area contributed by atoms with Crippen molar-refractivity contribution in [1.82, 2.24) is 5.16 Å². The van der Waals surface area contributed by atoms with E-state index in [0.717, 1.165) is 17.7 Å². The van der Waals surface area contributed by atoms with Gasteiger partial charge in [-0.25, -0.2) is 0 Å². The average Bonchev–Trinajstić information content (AvgIpc) is 2.70. The normalized spacial score (nSPS) is 10.4. The van der Waals surface area contributed by atoms with Crippen LogP contribution in [0.1, 0.15) is 27.4 Å². The molecular formula is C14H15N2O2. The molecule has 0 aliphatic rings. The van der Waals surface area contributed by atoms with Gasteiger partial charge in [-0.15, -0.1) is 0 Å². The Hall–Kier alpha value is -2.10. The molecule has 2 rings (SSSR count). The zero-order chi connectivity index (χ0) is 13.1. The molecule has 1 N–H and O–H groups in total. The first-order valence-corrected chi connectivity index (χ1v) is 5.74. The number of anilines is 1. The first-order valence-electron chi connectivity index (χ1n) is 5.74. The Balaban J connectivity index is 2.16. The highest BCUT2D eigenvalue weighted by Crippen LogP contribution is 2.16. The SMILES string of the molecule is [CH2]Cc1ccc(NC(=O)c2c(C)noc2C)cc1. The van der Waals surface area contributed by atoms with Crippen LogP contribution in [-0.2, 0) is 6.42 Å². The summed E-state index contributed by atoms with van der Waals surface area (Å²) in [6, 6.07) is 7.60. The van der Waals surface area contributed by atoms with Crippen molar-refractivity contribution in [2.24, 2.45) is 0 Å². The molecule has 18 heavy (non-hydrogen) atoms. The van der Waals surface area contributed by atoms with Crippen LogP contribution in [0.5, 0.6) is 0 Å². The zero-order valence-electron chi connectivity index (χ0n) is 10.5. The molecular weight excluding hydrogens is 228 g/mol. The zero-order valence-corrected chi connectivity index (χ0v) is 10.5. The number of hydrogen-bond donors (Lipinski definition) is 1. The quantitative estimate of drug-likeness (QED) is 0.901. The highest BCUT2D eigenvalue weighted by Gasteiger charge is 2.17. The number of carbonyl (C=O) groups is 1. The first-order chi connectivity index (χ1) is 8.61. The van der Waals surface area contributed by atoms with Gasteiger partial charge in [0.05, 0.1) is 5.69 Å². The number of benzene rings is 1. The summed E-state index contributed by atoms with van der Waals surface area (Å²) < 4.78 is 4.97. The summed E-state index contributed by atoms with van der Waals surface area (Å²) in [4.78, 5) is 12.0. The van der Waals surface area contributed by atoms with Crippen molar-refractivity contribution in [3.05, 3.63) is 53.8 Å². The number of nitrogens with zero attached hydrogens (tertiary/aromatic N) is 1. The largest absolute Gasteiger partial charge is 0.361 e. The molecule has 1 aromatic heterocycles. The fourth-order valence-corrected chi connectivity index (χ4v) is 1.76. The van der Waals surface area contributed by atoms with Gasteiger partial charge >= 0.3 is 0 Å². The van der Waals surface area contributed by atoms with Gasteiger partial charge in [0.25, 0.3) is 5.91 Å². The molecule has 1 aromatic carbocycles. The van der Waals surface area contributed by atoms with Gasteiger partial charge in [0.1, 0.15) is 11.3 Å². The van der Waals surface area contributed by atoms with Crippen molar-refractivity contribution in [3.63, 3.8) is 0 Å². The maximum absolute atomic E-state index is 12.0. The van der Waals surface area contributed by atoms with E-state index in [-0.39, 0.29) is 5.91 Å². The van der Waals surface area contributed by atoms with Crippen molar-refractivity contribution in [2.45, 2.75) is 20.3 Å². The lowest BCUT2D eigenvalue weighted by molar-refractivity contribution is 0.102. The number of nitrogens with one attached hydrogen (secondary N) is 1. The smallest absolute Gasteiger partial charge is 0.261 e. The molecule has 0 aliphatic carbocycles. The van der Waals surface area contributed by atoms with E-state index in [1.165, 1.54) is 0 Å². The number of aromatic nitrogens is 1. The van der Waals surface area contributed by atoms with Gasteiger partial charge in [-0.1, -0.05) is 17.3 Å². The molecule has 1 radical (unpaired) electrons. The van der Waals surface area contributed by atoms with Gasteiger partial charge < -0.3 is 9.84 Å². The molecule has 0 aliphatic heterocycles. The van der Waals surface area contributed by atoms with E-state index in [2.05, 4.69) is 17.4 Å². The monoisotopic (exact) mass is 243 g/mol. The molecule has 4 nitrogen and oxygen atoms in total. The second-order valence-electron chi connectivity index (χ2n) is 4.10. The molecule has 0 unspecified atom stereocenters. The third-order valence-electron chi connectivity index (χ3n) is 2.76. The number of amides is 1. The first kappa shape index (κ1) is 12.4. The Morgan fingerprint density at radius 1 is 1.33 bits per heavy atom. The van der Waals surface area contributed by atoms with E-state index < -0.39 is 0 Å². The molecule has 0 bridgehead atoms. The fourth-order valence-electron chi connectivity index (χ4n) is 1.76. The predicted molar refractivity (Wildman–Crippen MR) is 69.4 cm³/mol. The van der Waals surface area contributed by atoms with Crippen molar-refractivity contribution in [3.8, 4) is 0 Å². The lowest BCUT2D eigenvalue weighted by Crippen LogP contribution is -2.13. The highest BCUT2D eigenvalue weighted by atomic mass is 16.5. The Labute approximate surface area is 106 Å². The molecule has 93 valence electrons. The van der Waals surface area contributed by atoms with Crippen molar-refractivity contribution < 1.29 is 9.32 Å². The third kappa shape index (κ3) is 2.42. The molecule has 4 heteroatoms. The van der Waals surface area contributed by atoms with E-state index in [1.54, 1.807) is 13.8 Å². The maximum atomic E-state index is 12.0. The average molecular weight is 243 g/mol. The summed E-state index contributed by atoms with van der Waals surface area (Å²) in [6.45, 7) is 7.27. The minimum absolute atomic E-state index is 0.200. The van der Waals surface area contributed by atoms with Crippen LogP contribution in [-0.4, -0.2) is 11.1 Å². The van der Waals surface area contributed by atoms with Crippen molar-refractivity contribution in [2.75, 3.05) is 5.32 Å². The van der Waals surface area contributed by atoms with Gasteiger partial charge in [-0.3, -0.25) is 4.79 Å². The predicted octanol–water partition coefficient (Wildman–Crippen LogP) is 2.92. The minimum atomic E-state index is -0.200. The van der Waals surface area contributed by atoms with E-state index in [9.17, 15) is 4.79 Å². The maximum Gasteiger partial charge on any atom is 0.261 e. The Morgan fingerprint density at radius 3 is 2.50 bits per heavy atom. The van der Waals surface area contributed by atoms with Crippen LogP contribution >= 0.6 is 0 Å². The molecule has 1 heterocycles. The Kier molecular flexibility index (Phi) is 3.46. The molecule has 0 spiro atoms. The second kappa shape index (κ2) is 5.04. The number of hydrogen-bond acceptors (Lipinski definition) is 3. The van der Waals surface area contributed by atoms with Crippen molar-refractivity contribution >= 4 is 11.6 Å². The summed E-state index contributed by atoms with van der Waals surface area (Å²) in [7, 11) is 0. The van der Waals surface area contributed by atoms with Gasteiger partial charge in [-0.2, -0.15) is 0 Å². The molecule has 0 fully saturated rings. The Morgan fingerprint density at radius 2 is 2.00 bits per heavy atom. The third-order valence-corrected chi connectivity index (χ3v) is 2.76. The van der Waals surface area contributed by atoms with E-state index in [4.69, 9.17) is 4.52 Å². The molecule has 1 amide bonds. The standard InChI is InChI=1S/C14H15N2O2/c1-4-11-5-7-12(8-6-11)15-14(17)13-9(2)16-18-10(13)3/h5-8H,1,4H2,2-3H3,(H,15,17). The van der Waals surface area contributed by atoms with Crippen LogP contribution in [0.2, 0.25) is 0 Å². The van der Waals surface area contributed by atoms with Gasteiger partial charge in [0.15, 0.2) is 0 Å². The van der Waals surface area contributed by atoms with Crippen LogP contribution in [0.4, 0.5) is 5.69 Å². The number of rotatable bonds is 3. The summed E-state index contributed by atoms with van der Waals surface area (Å²) >= 11 is 0. The van der Waals surface area contributed by atoms with Gasteiger partial charge in [0, 0.05) is 5.69 Å². The van der Waals surface area contributed by atoms with E-state index in [0.29, 0.717) is 17.0 Å². The van der Waals surface area contributed by atoms with Crippen LogP contribution in [0, 0.1) is 20.8 Å². The van der Waals surface area contributed by atoms with E-state index in [1.807, 2.05) is 24.3 Å². The summed E-state index contributed by atoms with van der Waals surface area (Å²) in [5.41, 5.74) is 2.97. The minimum Gasteiger partial charge on any atom is -0.361 e. The number of carbonyl (C=O) groups excluding carboxylic acids is 1. The second-order valence-corrected chi connectivity index (χ2v) is 4.10. The van der Waals surface area contributed by atoms with E-state index >= 15 is 0 Å². The summed E-state index contributed by atoms with van der Waals surface area (Å²) in [6.07, 6.45) is 0.734. The van der Waals surface area contributed by atoms with Crippen molar-refractivity contribution in [1.29, 1.82) is 0 Å². The number of aryl methyl sites for hydroxylation is 2. The van der Waals surface area contributed by atoms with Gasteiger partial charge in [0.2, 0.25) is 0 Å². The summed E-state index contributed by atoms with van der Waals surface area (Å²) in [5.74, 6) is 0.327. The summed E-state index contributed by atoms with van der Waals surface area (Å²) in [5, 5.41) is 6.58. The Bertz CT molecular complexity index is 536. The van der Waals surface area contributed by atoms with Crippen LogP contribution in [0.15, 0.2) is 28.8 Å². The molecule has 0 atom stereocenters. The lowest BCUT2D eigenvalue weighted by Gasteiger charge is -2.05. The molecule has 0 saturated carbocycles. The highest BCUT2D eigenvalue weighted by molar-refractivity contribution is 6.05. The molecule has 2 aromatic rings. The molecule has 0 saturated heterocycles. The van der Waals surface area contributed by atoms with Crippen LogP contribution < -0.4 is 5.32 Å².